The zero-order valence-electron chi connectivity index (χ0n) is 17.4. The average molecular weight is 428 g/mol. The minimum absolute atomic E-state index is 0.172. The van der Waals surface area contributed by atoms with E-state index in [1.54, 1.807) is 6.08 Å². The van der Waals surface area contributed by atoms with Crippen LogP contribution in [0, 0.1) is 0 Å². The Balaban J connectivity index is 1.80. The third-order valence-corrected chi connectivity index (χ3v) is 6.53. The van der Waals surface area contributed by atoms with E-state index in [0.29, 0.717) is 0 Å². The van der Waals surface area contributed by atoms with Gasteiger partial charge in [-0.2, -0.15) is 0 Å². The summed E-state index contributed by atoms with van der Waals surface area (Å²) in [5, 5.41) is 23.1. The number of unbranched alkanes of at least 4 members (excludes halogenated alkanes) is 7. The molecule has 7 heteroatoms. The summed E-state index contributed by atoms with van der Waals surface area (Å²) < 4.78 is 5.54. The van der Waals surface area contributed by atoms with Gasteiger partial charge in [0.15, 0.2) is 17.7 Å². The van der Waals surface area contributed by atoms with Gasteiger partial charge < -0.3 is 20.3 Å². The fourth-order valence-electron chi connectivity index (χ4n) is 3.95. The van der Waals surface area contributed by atoms with E-state index in [9.17, 15) is 19.8 Å². The highest BCUT2D eigenvalue weighted by Gasteiger charge is 2.63. The number of allylic oxidation sites excluding steroid dienone is 1. The first-order valence-electron chi connectivity index (χ1n) is 10.7. The predicted octanol–water partition coefficient (Wildman–Crippen LogP) is 3.14. The van der Waals surface area contributed by atoms with E-state index >= 15 is 0 Å². The second-order valence-corrected chi connectivity index (χ2v) is 8.70. The van der Waals surface area contributed by atoms with Crippen molar-refractivity contribution in [3.05, 3.63) is 24.3 Å². The van der Waals surface area contributed by atoms with E-state index in [-0.39, 0.29) is 6.42 Å². The van der Waals surface area contributed by atoms with E-state index in [4.69, 9.17) is 16.3 Å². The van der Waals surface area contributed by atoms with E-state index in [2.05, 4.69) is 12.2 Å². The molecule has 0 saturated carbocycles. The van der Waals surface area contributed by atoms with Crippen molar-refractivity contribution >= 4 is 23.3 Å². The maximum Gasteiger partial charge on any atom is 0.244 e. The van der Waals surface area contributed by atoms with Gasteiger partial charge >= 0.3 is 0 Å². The summed E-state index contributed by atoms with van der Waals surface area (Å²) >= 11 is 6.22. The Morgan fingerprint density at radius 2 is 1.97 bits per heavy atom. The third-order valence-electron chi connectivity index (χ3n) is 5.97. The third kappa shape index (κ3) is 5.69. The van der Waals surface area contributed by atoms with Crippen LogP contribution in [0.3, 0.4) is 0 Å². The summed E-state index contributed by atoms with van der Waals surface area (Å²) in [6, 6.07) is -0.914. The Labute approximate surface area is 178 Å². The van der Waals surface area contributed by atoms with Crippen LogP contribution < -0.4 is 5.32 Å². The van der Waals surface area contributed by atoms with Crippen molar-refractivity contribution in [2.45, 2.75) is 101 Å². The molecular formula is C22H34ClNO5. The first kappa shape index (κ1) is 24.1. The Morgan fingerprint density at radius 3 is 2.66 bits per heavy atom. The molecule has 0 radical (unpaired) electrons. The van der Waals surface area contributed by atoms with Crippen LogP contribution in [-0.4, -0.2) is 50.8 Å². The van der Waals surface area contributed by atoms with Crippen molar-refractivity contribution in [2.24, 2.45) is 0 Å². The van der Waals surface area contributed by atoms with Gasteiger partial charge in [-0.1, -0.05) is 57.6 Å². The lowest BCUT2D eigenvalue weighted by Crippen LogP contribution is -2.72. The lowest BCUT2D eigenvalue weighted by molar-refractivity contribution is -0.281. The number of rotatable bonds is 10. The maximum absolute atomic E-state index is 12.3. The summed E-state index contributed by atoms with van der Waals surface area (Å²) in [5.74, 6) is -0.938. The number of ether oxygens (including phenoxy) is 1. The van der Waals surface area contributed by atoms with Crippen molar-refractivity contribution < 1.29 is 24.5 Å². The molecule has 6 nitrogen and oxygen atoms in total. The number of carbonyl (C=O) groups excluding carboxylic acids is 2. The van der Waals surface area contributed by atoms with Crippen molar-refractivity contribution in [1.29, 1.82) is 0 Å². The topological polar surface area (TPSA) is 95.9 Å². The molecule has 3 N–H and O–H groups in total. The molecule has 0 spiro atoms. The summed E-state index contributed by atoms with van der Waals surface area (Å²) in [4.78, 5) is 24.5. The number of aliphatic hydroxyl groups is 2. The molecule has 1 saturated heterocycles. The molecule has 1 aliphatic carbocycles. The van der Waals surface area contributed by atoms with Crippen LogP contribution in [0.1, 0.15) is 71.6 Å². The van der Waals surface area contributed by atoms with Gasteiger partial charge in [-0.3, -0.25) is 9.59 Å². The molecular weight excluding hydrogens is 394 g/mol. The number of ketones is 1. The van der Waals surface area contributed by atoms with E-state index in [0.717, 1.165) is 19.3 Å². The number of aliphatic hydroxyl groups excluding tert-OH is 1. The molecule has 5 atom stereocenters. The molecule has 1 fully saturated rings. The first-order chi connectivity index (χ1) is 13.7. The minimum atomic E-state index is -1.91. The molecule has 0 aromatic carbocycles. The molecule has 1 aliphatic heterocycles. The number of nitrogens with one attached hydrogen (secondary N) is 1. The molecule has 0 aromatic heterocycles. The molecule has 0 bridgehead atoms. The molecule has 0 aromatic rings. The molecule has 2 rings (SSSR count). The Hall–Kier alpha value is -1.21. The number of alkyl halides is 1. The average Bonchev–Trinajstić information content (AvgIpc) is 2.67. The number of fused-ring (bicyclic) bond motifs is 1. The lowest BCUT2D eigenvalue weighted by Gasteiger charge is -2.53. The molecule has 1 heterocycles. The zero-order valence-corrected chi connectivity index (χ0v) is 18.2. The number of amides is 1. The maximum atomic E-state index is 12.3. The molecule has 1 amide bonds. The molecule has 29 heavy (non-hydrogen) atoms. The second kappa shape index (κ2) is 10.7. The van der Waals surface area contributed by atoms with Crippen LogP contribution in [0.25, 0.3) is 0 Å². The fraction of sp³-hybridized carbons (Fsp3) is 0.727. The number of hydrogen-bond acceptors (Lipinski definition) is 5. The normalized spacial score (nSPS) is 34.4. The van der Waals surface area contributed by atoms with Crippen molar-refractivity contribution in [3.8, 4) is 0 Å². The van der Waals surface area contributed by atoms with Crippen molar-refractivity contribution in [2.75, 3.05) is 0 Å². The second-order valence-electron chi connectivity index (χ2n) is 8.23. The quantitative estimate of drug-likeness (QED) is 0.283. The number of halogens is 1. The van der Waals surface area contributed by atoms with Gasteiger partial charge in [-0.25, -0.2) is 0 Å². The molecule has 2 aliphatic rings. The Bertz CT molecular complexity index is 637. The zero-order chi connectivity index (χ0) is 21.5. The Kier molecular flexibility index (Phi) is 8.89. The van der Waals surface area contributed by atoms with Crippen LogP contribution in [-0.2, 0) is 14.3 Å². The van der Waals surface area contributed by atoms with Crippen molar-refractivity contribution in [1.82, 2.24) is 5.32 Å². The predicted molar refractivity (Wildman–Crippen MR) is 113 cm³/mol. The largest absolute Gasteiger partial charge is 0.378 e. The van der Waals surface area contributed by atoms with E-state index < -0.39 is 40.6 Å². The Morgan fingerprint density at radius 1 is 1.31 bits per heavy atom. The number of hydrogen-bond donors (Lipinski definition) is 3. The van der Waals surface area contributed by atoms with Gasteiger partial charge in [0.05, 0.1) is 11.4 Å². The van der Waals surface area contributed by atoms with Gasteiger partial charge in [0.2, 0.25) is 5.91 Å². The minimum Gasteiger partial charge on any atom is -0.378 e. The van der Waals surface area contributed by atoms with Gasteiger partial charge in [0, 0.05) is 6.42 Å². The van der Waals surface area contributed by atoms with Gasteiger partial charge in [-0.05, 0) is 31.9 Å². The smallest absolute Gasteiger partial charge is 0.244 e. The first-order valence-corrected chi connectivity index (χ1v) is 11.1. The standard InChI is InChI=1S/C22H34ClNO5/c1-3-4-5-6-7-8-9-10-11-12-19(26)24-16-15-22(28)18(25)14-13-17(23)21(22,2)29-20(16)27/h11-14,16-17,20,27-28H,3-10,15H2,1-2H3,(H,24,26). The van der Waals surface area contributed by atoms with Crippen LogP contribution in [0.4, 0.5) is 0 Å². The van der Waals surface area contributed by atoms with Crippen molar-refractivity contribution in [3.63, 3.8) is 0 Å². The van der Waals surface area contributed by atoms with Crippen LogP contribution in [0.5, 0.6) is 0 Å². The van der Waals surface area contributed by atoms with Crippen LogP contribution in [0.2, 0.25) is 0 Å². The summed E-state index contributed by atoms with van der Waals surface area (Å²) in [6.45, 7) is 3.70. The van der Waals surface area contributed by atoms with Gasteiger partial charge in [0.25, 0.3) is 0 Å². The fourth-order valence-corrected chi connectivity index (χ4v) is 4.25. The lowest BCUT2D eigenvalue weighted by atomic mass is 9.69. The summed E-state index contributed by atoms with van der Waals surface area (Å²) in [6.07, 6.45) is 13.6. The molecule has 5 unspecified atom stereocenters. The van der Waals surface area contributed by atoms with Crippen LogP contribution in [0.15, 0.2) is 24.3 Å². The SMILES string of the molecule is CCCCCCCCCC=CC(=O)NC1CC2(O)C(=O)C=CC(Cl)C2(C)OC1O. The highest BCUT2D eigenvalue weighted by molar-refractivity contribution is 6.24. The summed E-state index contributed by atoms with van der Waals surface area (Å²) in [5.41, 5.74) is -3.37. The highest BCUT2D eigenvalue weighted by atomic mass is 35.5. The van der Waals surface area contributed by atoms with Gasteiger partial charge in [0.1, 0.15) is 5.60 Å². The van der Waals surface area contributed by atoms with Crippen LogP contribution >= 0.6 is 11.6 Å². The number of carbonyl (C=O) groups is 2. The summed E-state index contributed by atoms with van der Waals surface area (Å²) in [7, 11) is 0. The highest BCUT2D eigenvalue weighted by Crippen LogP contribution is 2.45. The molecule has 164 valence electrons. The van der Waals surface area contributed by atoms with E-state index in [1.807, 2.05) is 0 Å². The van der Waals surface area contributed by atoms with Gasteiger partial charge in [-0.15, -0.1) is 11.6 Å². The monoisotopic (exact) mass is 427 g/mol. The van der Waals surface area contributed by atoms with E-state index in [1.165, 1.54) is 57.3 Å².